The Morgan fingerprint density at radius 3 is 2.55 bits per heavy atom. The third kappa shape index (κ3) is 4.59. The third-order valence-electron chi connectivity index (χ3n) is 4.95. The molecule has 1 fully saturated rings. The Hall–Kier alpha value is -2.87. The standard InChI is InChI=1S/C20H22ClFN4O3/c1-11(27)26-7-5-12(6-8-26)24-18-4-3-13(20(23)25-18)19(28)14-9-16(22)15(21)10-17(14)29-2/h3-4,9-10,12H,5-8H2,1-2H3,(H3,23,24,25). The fourth-order valence-electron chi connectivity index (χ4n) is 3.32. The molecule has 3 N–H and O–H groups in total. The van der Waals surface area contributed by atoms with Gasteiger partial charge in [-0.1, -0.05) is 11.6 Å². The SMILES string of the molecule is COc1cc(Cl)c(F)cc1C(=O)c1ccc(NC2CCN(C(C)=O)CC2)nc1N. The summed E-state index contributed by atoms with van der Waals surface area (Å²) < 4.78 is 19.0. The minimum Gasteiger partial charge on any atom is -0.496 e. The molecular weight excluding hydrogens is 399 g/mol. The lowest BCUT2D eigenvalue weighted by Gasteiger charge is -2.32. The van der Waals surface area contributed by atoms with E-state index in [1.54, 1.807) is 24.0 Å². The van der Waals surface area contributed by atoms with E-state index in [2.05, 4.69) is 10.3 Å². The van der Waals surface area contributed by atoms with Crippen molar-refractivity contribution >= 4 is 34.9 Å². The Balaban J connectivity index is 1.76. The first-order valence-electron chi connectivity index (χ1n) is 9.16. The van der Waals surface area contributed by atoms with Gasteiger partial charge in [-0.3, -0.25) is 9.59 Å². The van der Waals surface area contributed by atoms with Crippen LogP contribution in [-0.2, 0) is 4.79 Å². The first kappa shape index (κ1) is 20.9. The maximum absolute atomic E-state index is 13.9. The van der Waals surface area contributed by atoms with Crippen LogP contribution in [0, 0.1) is 5.82 Å². The minimum atomic E-state index is -0.725. The number of carbonyl (C=O) groups is 2. The summed E-state index contributed by atoms with van der Waals surface area (Å²) in [7, 11) is 1.37. The van der Waals surface area contributed by atoms with Crippen LogP contribution in [0.1, 0.15) is 35.7 Å². The quantitative estimate of drug-likeness (QED) is 0.721. The van der Waals surface area contributed by atoms with E-state index in [4.69, 9.17) is 22.1 Å². The van der Waals surface area contributed by atoms with Gasteiger partial charge in [-0.05, 0) is 31.0 Å². The fourth-order valence-corrected chi connectivity index (χ4v) is 3.47. The molecule has 1 aromatic carbocycles. The van der Waals surface area contributed by atoms with Crippen molar-refractivity contribution in [2.45, 2.75) is 25.8 Å². The van der Waals surface area contributed by atoms with Crippen LogP contribution in [0.4, 0.5) is 16.0 Å². The molecule has 0 aliphatic carbocycles. The molecule has 3 rings (SSSR count). The smallest absolute Gasteiger partial charge is 0.219 e. The zero-order chi connectivity index (χ0) is 21.1. The number of anilines is 2. The number of ketones is 1. The summed E-state index contributed by atoms with van der Waals surface area (Å²) in [5.74, 6) is -0.447. The van der Waals surface area contributed by atoms with Crippen LogP contribution in [0.3, 0.4) is 0 Å². The number of nitrogens with two attached hydrogens (primary N) is 1. The number of hydrogen-bond acceptors (Lipinski definition) is 6. The number of hydrogen-bond donors (Lipinski definition) is 2. The average molecular weight is 421 g/mol. The number of nitrogens with zero attached hydrogens (tertiary/aromatic N) is 2. The number of methoxy groups -OCH3 is 1. The van der Waals surface area contributed by atoms with Gasteiger partial charge in [0.15, 0.2) is 0 Å². The first-order valence-corrected chi connectivity index (χ1v) is 9.54. The fraction of sp³-hybridized carbons (Fsp3) is 0.350. The van der Waals surface area contributed by atoms with Gasteiger partial charge in [0.05, 0.1) is 23.3 Å². The van der Waals surface area contributed by atoms with E-state index in [1.165, 1.54) is 13.2 Å². The van der Waals surface area contributed by atoms with Crippen molar-refractivity contribution in [2.24, 2.45) is 0 Å². The van der Waals surface area contributed by atoms with Gasteiger partial charge in [-0.15, -0.1) is 0 Å². The van der Waals surface area contributed by atoms with Crippen molar-refractivity contribution in [3.8, 4) is 5.75 Å². The number of rotatable bonds is 5. The van der Waals surface area contributed by atoms with E-state index in [0.717, 1.165) is 18.9 Å². The molecule has 0 atom stereocenters. The number of pyridine rings is 1. The minimum absolute atomic E-state index is 0.0141. The highest BCUT2D eigenvalue weighted by Crippen LogP contribution is 2.29. The average Bonchev–Trinajstić information content (AvgIpc) is 2.69. The van der Waals surface area contributed by atoms with Gasteiger partial charge in [-0.25, -0.2) is 9.37 Å². The predicted molar refractivity (Wildman–Crippen MR) is 109 cm³/mol. The highest BCUT2D eigenvalue weighted by Gasteiger charge is 2.23. The number of benzene rings is 1. The van der Waals surface area contributed by atoms with Crippen LogP contribution in [0.25, 0.3) is 0 Å². The molecule has 0 unspecified atom stereocenters. The van der Waals surface area contributed by atoms with Gasteiger partial charge in [0.1, 0.15) is 23.2 Å². The van der Waals surface area contributed by atoms with E-state index in [9.17, 15) is 14.0 Å². The molecule has 0 spiro atoms. The topological polar surface area (TPSA) is 97.5 Å². The molecule has 1 amide bonds. The summed E-state index contributed by atoms with van der Waals surface area (Å²) in [4.78, 5) is 30.3. The summed E-state index contributed by atoms with van der Waals surface area (Å²) in [6, 6.07) is 5.63. The molecule has 1 aliphatic rings. The number of nitrogens with one attached hydrogen (secondary N) is 1. The van der Waals surface area contributed by atoms with E-state index >= 15 is 0 Å². The second-order valence-corrected chi connectivity index (χ2v) is 7.26. The zero-order valence-corrected chi connectivity index (χ0v) is 16.9. The number of carbonyl (C=O) groups excluding carboxylic acids is 2. The zero-order valence-electron chi connectivity index (χ0n) is 16.2. The maximum atomic E-state index is 13.9. The van der Waals surface area contributed by atoms with Gasteiger partial charge in [-0.2, -0.15) is 0 Å². The Bertz CT molecular complexity index is 946. The van der Waals surface area contributed by atoms with Crippen molar-refractivity contribution in [3.63, 3.8) is 0 Å². The normalized spacial score (nSPS) is 14.6. The Morgan fingerprint density at radius 2 is 1.97 bits per heavy atom. The number of ether oxygens (including phenoxy) is 1. The van der Waals surface area contributed by atoms with Crippen LogP contribution in [0.2, 0.25) is 5.02 Å². The number of halogens is 2. The molecule has 2 heterocycles. The van der Waals surface area contributed by atoms with Crippen molar-refractivity contribution in [2.75, 3.05) is 31.2 Å². The number of likely N-dealkylation sites (tertiary alicyclic amines) is 1. The lowest BCUT2D eigenvalue weighted by molar-refractivity contribution is -0.129. The van der Waals surface area contributed by atoms with E-state index in [-0.39, 0.29) is 39.7 Å². The molecule has 1 aromatic heterocycles. The number of piperidine rings is 1. The molecule has 154 valence electrons. The molecular formula is C20H22ClFN4O3. The van der Waals surface area contributed by atoms with Crippen LogP contribution in [0.5, 0.6) is 5.75 Å². The summed E-state index contributed by atoms with van der Waals surface area (Å²) in [6.45, 7) is 2.93. The molecule has 29 heavy (non-hydrogen) atoms. The Kier molecular flexibility index (Phi) is 6.22. The molecule has 2 aromatic rings. The summed E-state index contributed by atoms with van der Waals surface area (Å²) in [5, 5.41) is 3.14. The lowest BCUT2D eigenvalue weighted by atomic mass is 10.0. The Morgan fingerprint density at radius 1 is 1.28 bits per heavy atom. The highest BCUT2D eigenvalue weighted by atomic mass is 35.5. The van der Waals surface area contributed by atoms with E-state index < -0.39 is 11.6 Å². The van der Waals surface area contributed by atoms with Crippen molar-refractivity contribution < 1.29 is 18.7 Å². The van der Waals surface area contributed by atoms with Crippen molar-refractivity contribution in [3.05, 3.63) is 46.2 Å². The third-order valence-corrected chi connectivity index (χ3v) is 5.24. The number of amides is 1. The van der Waals surface area contributed by atoms with Crippen molar-refractivity contribution in [1.82, 2.24) is 9.88 Å². The van der Waals surface area contributed by atoms with Crippen LogP contribution < -0.4 is 15.8 Å². The lowest BCUT2D eigenvalue weighted by Crippen LogP contribution is -2.41. The van der Waals surface area contributed by atoms with Gasteiger partial charge in [0.25, 0.3) is 0 Å². The van der Waals surface area contributed by atoms with Crippen LogP contribution >= 0.6 is 11.6 Å². The van der Waals surface area contributed by atoms with Crippen LogP contribution in [0.15, 0.2) is 24.3 Å². The Labute approximate surface area is 173 Å². The summed E-state index contributed by atoms with van der Waals surface area (Å²) in [6.07, 6.45) is 1.59. The molecule has 0 radical (unpaired) electrons. The second kappa shape index (κ2) is 8.65. The van der Waals surface area contributed by atoms with Gasteiger partial charge < -0.3 is 20.7 Å². The largest absolute Gasteiger partial charge is 0.496 e. The number of nitrogen functional groups attached to an aromatic ring is 1. The summed E-state index contributed by atoms with van der Waals surface area (Å²) in [5.41, 5.74) is 6.16. The molecule has 7 nitrogen and oxygen atoms in total. The molecule has 1 saturated heterocycles. The predicted octanol–water partition coefficient (Wildman–Crippen LogP) is 3.12. The molecule has 1 aliphatic heterocycles. The van der Waals surface area contributed by atoms with E-state index in [1.807, 2.05) is 0 Å². The second-order valence-electron chi connectivity index (χ2n) is 6.85. The molecule has 0 bridgehead atoms. The van der Waals surface area contributed by atoms with Gasteiger partial charge >= 0.3 is 0 Å². The highest BCUT2D eigenvalue weighted by molar-refractivity contribution is 6.31. The molecule has 9 heteroatoms. The van der Waals surface area contributed by atoms with Crippen LogP contribution in [-0.4, -0.2) is 47.8 Å². The van der Waals surface area contributed by atoms with E-state index in [0.29, 0.717) is 18.9 Å². The maximum Gasteiger partial charge on any atom is 0.219 e. The monoisotopic (exact) mass is 420 g/mol. The van der Waals surface area contributed by atoms with Gasteiger partial charge in [0, 0.05) is 32.1 Å². The number of aromatic nitrogens is 1. The van der Waals surface area contributed by atoms with Crippen molar-refractivity contribution in [1.29, 1.82) is 0 Å². The molecule has 0 saturated carbocycles. The first-order chi connectivity index (χ1) is 13.8. The van der Waals surface area contributed by atoms with Gasteiger partial charge in [0.2, 0.25) is 11.7 Å². The summed E-state index contributed by atoms with van der Waals surface area (Å²) >= 11 is 5.75.